The number of hydrogen-bond acceptors (Lipinski definition) is 2. The van der Waals surface area contributed by atoms with Gasteiger partial charge in [-0.15, -0.1) is 0 Å². The first-order chi connectivity index (χ1) is 6.56. The van der Waals surface area contributed by atoms with Gasteiger partial charge < -0.3 is 9.90 Å². The molecule has 4 heteroatoms. The minimum Gasteiger partial charge on any atom is -0.506 e. The van der Waals surface area contributed by atoms with Gasteiger partial charge in [0.25, 0.3) is 0 Å². The molecule has 0 amide bonds. The third-order valence-corrected chi connectivity index (χ3v) is 2.33. The summed E-state index contributed by atoms with van der Waals surface area (Å²) in [5.74, 6) is -0.899. The van der Waals surface area contributed by atoms with Crippen molar-refractivity contribution in [1.82, 2.24) is 0 Å². The fourth-order valence-electron chi connectivity index (χ4n) is 1.23. The lowest BCUT2D eigenvalue weighted by Gasteiger charge is -2.11. The molecule has 0 saturated carbocycles. The van der Waals surface area contributed by atoms with Crippen molar-refractivity contribution >= 4 is 17.9 Å². The summed E-state index contributed by atoms with van der Waals surface area (Å²) < 4.78 is 12.9. The third-order valence-electron chi connectivity index (χ3n) is 2.04. The maximum Gasteiger partial charge on any atom is 0.137 e. The van der Waals surface area contributed by atoms with Gasteiger partial charge >= 0.3 is 0 Å². The van der Waals surface area contributed by atoms with Crippen molar-refractivity contribution < 1.29 is 14.3 Å². The van der Waals surface area contributed by atoms with Crippen LogP contribution in [0.25, 0.3) is 0 Å². The van der Waals surface area contributed by atoms with Gasteiger partial charge in [-0.3, -0.25) is 0 Å². The fraction of sp³-hybridized carbons (Fsp3) is 0.300. The molecule has 2 nitrogen and oxygen atoms in total. The summed E-state index contributed by atoms with van der Waals surface area (Å²) in [5, 5.41) is 9.47. The van der Waals surface area contributed by atoms with Gasteiger partial charge in [0.1, 0.15) is 17.9 Å². The lowest BCUT2D eigenvalue weighted by atomic mass is 9.97. The summed E-state index contributed by atoms with van der Waals surface area (Å²) in [4.78, 5) is 10.3. The molecule has 1 aromatic carbocycles. The smallest absolute Gasteiger partial charge is 0.137 e. The number of aromatic hydroxyl groups is 1. The largest absolute Gasteiger partial charge is 0.506 e. The normalized spacial score (nSPS) is 12.5. The number of carbonyl (C=O) groups is 1. The van der Waals surface area contributed by atoms with Gasteiger partial charge in [-0.2, -0.15) is 0 Å². The van der Waals surface area contributed by atoms with E-state index >= 15 is 0 Å². The summed E-state index contributed by atoms with van der Waals surface area (Å²) in [7, 11) is 0. The molecular weight excluding hydrogens is 207 g/mol. The maximum atomic E-state index is 12.9. The Bertz CT molecular complexity index is 352. The summed E-state index contributed by atoms with van der Waals surface area (Å²) >= 11 is 5.59. The van der Waals surface area contributed by atoms with E-state index in [0.717, 1.165) is 12.4 Å². The summed E-state index contributed by atoms with van der Waals surface area (Å²) in [6.45, 7) is 1.72. The van der Waals surface area contributed by atoms with Gasteiger partial charge in [0.15, 0.2) is 0 Å². The minimum atomic E-state index is -0.513. The van der Waals surface area contributed by atoms with Gasteiger partial charge in [0.2, 0.25) is 0 Å². The maximum absolute atomic E-state index is 12.9. The molecule has 0 bridgehead atoms. The van der Waals surface area contributed by atoms with Crippen molar-refractivity contribution in [1.29, 1.82) is 0 Å². The predicted octanol–water partition coefficient (Wildman–Crippen LogP) is 2.88. The van der Waals surface area contributed by atoms with Crippen LogP contribution < -0.4 is 0 Å². The monoisotopic (exact) mass is 216 g/mol. The Balaban J connectivity index is 3.12. The van der Waals surface area contributed by atoms with Crippen molar-refractivity contribution in [2.24, 2.45) is 0 Å². The Labute approximate surface area is 86.3 Å². The number of phenols is 1. The van der Waals surface area contributed by atoms with Crippen LogP contribution in [-0.4, -0.2) is 11.4 Å². The highest BCUT2D eigenvalue weighted by atomic mass is 35.5. The van der Waals surface area contributed by atoms with E-state index < -0.39 is 5.82 Å². The molecular formula is C10H10ClFO2. The van der Waals surface area contributed by atoms with Crippen LogP contribution >= 0.6 is 11.6 Å². The van der Waals surface area contributed by atoms with Crippen LogP contribution in [0.4, 0.5) is 4.39 Å². The van der Waals surface area contributed by atoms with Crippen molar-refractivity contribution in [3.8, 4) is 5.75 Å². The molecule has 1 aromatic rings. The molecule has 0 aromatic heterocycles. The molecule has 0 heterocycles. The van der Waals surface area contributed by atoms with Crippen LogP contribution in [-0.2, 0) is 4.79 Å². The summed E-state index contributed by atoms with van der Waals surface area (Å²) in [6, 6.07) is 2.23. The van der Waals surface area contributed by atoms with Crippen LogP contribution in [0, 0.1) is 5.82 Å². The Morgan fingerprint density at radius 3 is 2.86 bits per heavy atom. The van der Waals surface area contributed by atoms with Crippen molar-refractivity contribution in [3.05, 3.63) is 28.5 Å². The van der Waals surface area contributed by atoms with E-state index in [1.807, 2.05) is 0 Å². The van der Waals surface area contributed by atoms with Gasteiger partial charge in [-0.1, -0.05) is 18.5 Å². The second kappa shape index (κ2) is 4.42. The standard InChI is InChI=1S/C10H10ClFO2/c1-6(2-3-13)8-4-7(12)5-9(11)10(8)14/h3-6,14H,2H2,1H3. The van der Waals surface area contributed by atoms with Gasteiger partial charge in [-0.05, 0) is 18.1 Å². The molecule has 0 radical (unpaired) electrons. The van der Waals surface area contributed by atoms with Gasteiger partial charge in [-0.25, -0.2) is 4.39 Å². The van der Waals surface area contributed by atoms with Gasteiger partial charge in [0.05, 0.1) is 5.02 Å². The number of rotatable bonds is 3. The van der Waals surface area contributed by atoms with Crippen LogP contribution in [0.3, 0.4) is 0 Å². The van der Waals surface area contributed by atoms with Crippen LogP contribution in [0.5, 0.6) is 5.75 Å². The first-order valence-corrected chi connectivity index (χ1v) is 4.55. The molecule has 14 heavy (non-hydrogen) atoms. The van der Waals surface area contributed by atoms with E-state index in [2.05, 4.69) is 0 Å². The molecule has 0 saturated heterocycles. The second-order valence-corrected chi connectivity index (χ2v) is 3.54. The number of phenolic OH excluding ortho intramolecular Hbond substituents is 1. The number of benzene rings is 1. The van der Waals surface area contributed by atoms with E-state index in [4.69, 9.17) is 11.6 Å². The molecule has 1 rings (SSSR count). The molecule has 0 fully saturated rings. The van der Waals surface area contributed by atoms with E-state index in [1.54, 1.807) is 6.92 Å². The number of hydrogen-bond donors (Lipinski definition) is 1. The minimum absolute atomic E-state index is 0.0299. The zero-order valence-corrected chi connectivity index (χ0v) is 8.38. The summed E-state index contributed by atoms with van der Waals surface area (Å²) in [5.41, 5.74) is 0.363. The van der Waals surface area contributed by atoms with Crippen molar-refractivity contribution in [2.45, 2.75) is 19.3 Å². The Hall–Kier alpha value is -1.09. The summed E-state index contributed by atoms with van der Waals surface area (Å²) in [6.07, 6.45) is 0.955. The molecule has 0 aliphatic carbocycles. The first kappa shape index (κ1) is 11.0. The molecule has 1 N–H and O–H groups in total. The number of carbonyl (C=O) groups excluding carboxylic acids is 1. The van der Waals surface area contributed by atoms with Gasteiger partial charge in [0, 0.05) is 12.0 Å². The first-order valence-electron chi connectivity index (χ1n) is 4.17. The van der Waals surface area contributed by atoms with E-state index in [9.17, 15) is 14.3 Å². The predicted molar refractivity (Wildman–Crippen MR) is 52.2 cm³/mol. The lowest BCUT2D eigenvalue weighted by molar-refractivity contribution is -0.108. The van der Waals surface area contributed by atoms with E-state index in [-0.39, 0.29) is 23.1 Å². The molecule has 76 valence electrons. The van der Waals surface area contributed by atoms with Crippen molar-refractivity contribution in [2.75, 3.05) is 0 Å². The Kier molecular flexibility index (Phi) is 3.47. The van der Waals surface area contributed by atoms with Crippen LogP contribution in [0.1, 0.15) is 24.8 Å². The fourth-order valence-corrected chi connectivity index (χ4v) is 1.45. The zero-order chi connectivity index (χ0) is 10.7. The van der Waals surface area contributed by atoms with E-state index in [1.165, 1.54) is 6.07 Å². The number of aldehydes is 1. The molecule has 1 atom stereocenters. The van der Waals surface area contributed by atoms with Crippen LogP contribution in [0.15, 0.2) is 12.1 Å². The quantitative estimate of drug-likeness (QED) is 0.789. The number of halogens is 2. The average Bonchev–Trinajstić information content (AvgIpc) is 2.11. The second-order valence-electron chi connectivity index (χ2n) is 3.13. The topological polar surface area (TPSA) is 37.3 Å². The highest BCUT2D eigenvalue weighted by Crippen LogP contribution is 2.34. The van der Waals surface area contributed by atoms with E-state index in [0.29, 0.717) is 5.56 Å². The molecule has 0 spiro atoms. The highest BCUT2D eigenvalue weighted by Gasteiger charge is 2.14. The molecule has 0 aliphatic heterocycles. The third kappa shape index (κ3) is 2.23. The van der Waals surface area contributed by atoms with Crippen molar-refractivity contribution in [3.63, 3.8) is 0 Å². The Morgan fingerprint density at radius 2 is 2.29 bits per heavy atom. The highest BCUT2D eigenvalue weighted by molar-refractivity contribution is 6.32. The molecule has 1 unspecified atom stereocenters. The molecule has 0 aliphatic rings. The average molecular weight is 217 g/mol. The Morgan fingerprint density at radius 1 is 1.64 bits per heavy atom. The SMILES string of the molecule is CC(CC=O)c1cc(F)cc(Cl)c1O. The lowest BCUT2D eigenvalue weighted by Crippen LogP contribution is -1.96. The van der Waals surface area contributed by atoms with Crippen LogP contribution in [0.2, 0.25) is 5.02 Å². The zero-order valence-electron chi connectivity index (χ0n) is 7.63.